The van der Waals surface area contributed by atoms with E-state index in [4.69, 9.17) is 0 Å². The summed E-state index contributed by atoms with van der Waals surface area (Å²) in [5, 5.41) is 6.88. The molecule has 1 aromatic heterocycles. The Labute approximate surface area is 117 Å². The van der Waals surface area contributed by atoms with Crippen LogP contribution >= 0.6 is 0 Å². The molecule has 0 spiro atoms. The molecule has 8 heteroatoms. The highest BCUT2D eigenvalue weighted by Gasteiger charge is 2.31. The van der Waals surface area contributed by atoms with Crippen LogP contribution in [0.5, 0.6) is 0 Å². The van der Waals surface area contributed by atoms with Crippen molar-refractivity contribution in [3.8, 4) is 0 Å². The SMILES string of the molecule is CN1CCN(C(=O)c2n[nH]c3c2CS(=O)(=O)CC3)CC1. The molecule has 1 saturated heterocycles. The average molecular weight is 298 g/mol. The molecule has 0 aromatic carbocycles. The van der Waals surface area contributed by atoms with E-state index in [0.29, 0.717) is 25.1 Å². The molecule has 0 radical (unpaired) electrons. The molecule has 7 nitrogen and oxygen atoms in total. The summed E-state index contributed by atoms with van der Waals surface area (Å²) in [5.74, 6) is -0.106. The van der Waals surface area contributed by atoms with Gasteiger partial charge >= 0.3 is 0 Å². The van der Waals surface area contributed by atoms with E-state index in [1.54, 1.807) is 4.90 Å². The second-order valence-corrected chi connectivity index (χ2v) is 7.65. The van der Waals surface area contributed by atoms with Gasteiger partial charge in [0.25, 0.3) is 5.91 Å². The van der Waals surface area contributed by atoms with Crippen LogP contribution in [0, 0.1) is 0 Å². The number of nitrogens with zero attached hydrogens (tertiary/aromatic N) is 3. The second-order valence-electron chi connectivity index (χ2n) is 5.47. The van der Waals surface area contributed by atoms with Crippen LogP contribution < -0.4 is 0 Å². The normalized spacial score (nSPS) is 22.6. The predicted molar refractivity (Wildman–Crippen MR) is 73.2 cm³/mol. The molecule has 1 aromatic rings. The number of carbonyl (C=O) groups is 1. The van der Waals surface area contributed by atoms with Gasteiger partial charge < -0.3 is 9.80 Å². The largest absolute Gasteiger partial charge is 0.335 e. The Kier molecular flexibility index (Phi) is 3.29. The van der Waals surface area contributed by atoms with Crippen LogP contribution in [0.4, 0.5) is 0 Å². The zero-order chi connectivity index (χ0) is 14.3. The fourth-order valence-corrected chi connectivity index (χ4v) is 4.06. The maximum atomic E-state index is 12.5. The number of piperazine rings is 1. The quantitative estimate of drug-likeness (QED) is 0.738. The number of aromatic amines is 1. The first kappa shape index (κ1) is 13.6. The third-order valence-electron chi connectivity index (χ3n) is 3.97. The van der Waals surface area contributed by atoms with E-state index in [9.17, 15) is 13.2 Å². The van der Waals surface area contributed by atoms with Crippen LogP contribution in [-0.2, 0) is 22.0 Å². The lowest BCUT2D eigenvalue weighted by Gasteiger charge is -2.32. The Morgan fingerprint density at radius 2 is 1.95 bits per heavy atom. The summed E-state index contributed by atoms with van der Waals surface area (Å²) < 4.78 is 23.5. The van der Waals surface area contributed by atoms with Gasteiger partial charge in [0, 0.05) is 43.9 Å². The number of nitrogens with one attached hydrogen (secondary N) is 1. The molecule has 0 atom stereocenters. The predicted octanol–water partition coefficient (Wildman–Crippen LogP) is -0.732. The highest BCUT2D eigenvalue weighted by molar-refractivity contribution is 7.90. The molecule has 0 unspecified atom stereocenters. The van der Waals surface area contributed by atoms with Crippen LogP contribution in [0.15, 0.2) is 0 Å². The monoisotopic (exact) mass is 298 g/mol. The molecule has 2 aliphatic rings. The van der Waals surface area contributed by atoms with Gasteiger partial charge in [-0.2, -0.15) is 5.10 Å². The summed E-state index contributed by atoms with van der Waals surface area (Å²) in [6.45, 7) is 2.97. The molecule has 2 aliphatic heterocycles. The molecule has 3 heterocycles. The Morgan fingerprint density at radius 1 is 1.25 bits per heavy atom. The number of fused-ring (bicyclic) bond motifs is 1. The number of aryl methyl sites for hydroxylation is 1. The van der Waals surface area contributed by atoms with Crippen LogP contribution in [0.25, 0.3) is 0 Å². The van der Waals surface area contributed by atoms with Gasteiger partial charge in [-0.25, -0.2) is 8.42 Å². The van der Waals surface area contributed by atoms with E-state index < -0.39 is 9.84 Å². The number of carbonyl (C=O) groups excluding carboxylic acids is 1. The van der Waals surface area contributed by atoms with Gasteiger partial charge in [-0.05, 0) is 7.05 Å². The fraction of sp³-hybridized carbons (Fsp3) is 0.667. The van der Waals surface area contributed by atoms with Crippen molar-refractivity contribution in [3.05, 3.63) is 17.0 Å². The van der Waals surface area contributed by atoms with Crippen molar-refractivity contribution in [3.63, 3.8) is 0 Å². The highest BCUT2D eigenvalue weighted by Crippen LogP contribution is 2.23. The number of hydrogen-bond donors (Lipinski definition) is 1. The van der Waals surface area contributed by atoms with Crippen LogP contribution in [0.2, 0.25) is 0 Å². The van der Waals surface area contributed by atoms with E-state index >= 15 is 0 Å². The smallest absolute Gasteiger partial charge is 0.274 e. The molecule has 20 heavy (non-hydrogen) atoms. The first-order valence-corrected chi connectivity index (χ1v) is 8.53. The standard InChI is InChI=1S/C12H18N4O3S/c1-15-3-5-16(6-4-15)12(17)11-9-8-20(18,19)7-2-10(9)13-14-11/h2-8H2,1H3,(H,13,14). The summed E-state index contributed by atoms with van der Waals surface area (Å²) >= 11 is 0. The zero-order valence-corrected chi connectivity index (χ0v) is 12.2. The van der Waals surface area contributed by atoms with Crippen molar-refractivity contribution in [2.75, 3.05) is 39.0 Å². The van der Waals surface area contributed by atoms with Crippen molar-refractivity contribution < 1.29 is 13.2 Å². The number of aromatic nitrogens is 2. The molecule has 1 N–H and O–H groups in total. The van der Waals surface area contributed by atoms with Crippen LogP contribution in [0.3, 0.4) is 0 Å². The van der Waals surface area contributed by atoms with Crippen LogP contribution in [-0.4, -0.2) is 73.3 Å². The molecule has 110 valence electrons. The molecule has 0 saturated carbocycles. The zero-order valence-electron chi connectivity index (χ0n) is 11.4. The number of likely N-dealkylation sites (N-methyl/N-ethyl adjacent to an activating group) is 1. The van der Waals surface area contributed by atoms with E-state index in [1.807, 2.05) is 7.05 Å². The lowest BCUT2D eigenvalue weighted by molar-refractivity contribution is 0.0657. The molecule has 1 amide bonds. The number of amides is 1. The minimum absolute atomic E-state index is 0.0757. The Morgan fingerprint density at radius 3 is 2.65 bits per heavy atom. The summed E-state index contributed by atoms with van der Waals surface area (Å²) in [4.78, 5) is 16.4. The van der Waals surface area contributed by atoms with Gasteiger partial charge in [-0.3, -0.25) is 9.89 Å². The van der Waals surface area contributed by atoms with E-state index in [-0.39, 0.29) is 23.1 Å². The third kappa shape index (κ3) is 2.45. The minimum atomic E-state index is -3.10. The van der Waals surface area contributed by atoms with Gasteiger partial charge in [-0.15, -0.1) is 0 Å². The Bertz CT molecular complexity index is 629. The van der Waals surface area contributed by atoms with Gasteiger partial charge in [0.1, 0.15) is 0 Å². The van der Waals surface area contributed by atoms with Gasteiger partial charge in [0.15, 0.2) is 15.5 Å². The van der Waals surface area contributed by atoms with E-state index in [2.05, 4.69) is 15.1 Å². The number of H-pyrrole nitrogens is 1. The summed E-state index contributed by atoms with van der Waals surface area (Å²) in [6, 6.07) is 0. The second kappa shape index (κ2) is 4.85. The van der Waals surface area contributed by atoms with E-state index in [0.717, 1.165) is 18.8 Å². The van der Waals surface area contributed by atoms with Crippen molar-refractivity contribution in [1.29, 1.82) is 0 Å². The Hall–Kier alpha value is -1.41. The van der Waals surface area contributed by atoms with Gasteiger partial charge in [0.2, 0.25) is 0 Å². The Balaban J connectivity index is 1.85. The van der Waals surface area contributed by atoms with Crippen molar-refractivity contribution in [2.24, 2.45) is 0 Å². The molecular formula is C12H18N4O3S. The minimum Gasteiger partial charge on any atom is -0.335 e. The van der Waals surface area contributed by atoms with E-state index in [1.165, 1.54) is 0 Å². The first-order chi connectivity index (χ1) is 9.46. The summed E-state index contributed by atoms with van der Waals surface area (Å²) in [5.41, 5.74) is 1.64. The number of sulfone groups is 1. The number of hydrogen-bond acceptors (Lipinski definition) is 5. The highest BCUT2D eigenvalue weighted by atomic mass is 32.2. The maximum absolute atomic E-state index is 12.5. The molecule has 0 aliphatic carbocycles. The topological polar surface area (TPSA) is 86.4 Å². The van der Waals surface area contributed by atoms with Crippen molar-refractivity contribution >= 4 is 15.7 Å². The summed E-state index contributed by atoms with van der Waals surface area (Å²) in [6.07, 6.45) is 0.417. The van der Waals surface area contributed by atoms with Crippen LogP contribution in [0.1, 0.15) is 21.7 Å². The fourth-order valence-electron chi connectivity index (χ4n) is 2.65. The first-order valence-electron chi connectivity index (χ1n) is 6.70. The lowest BCUT2D eigenvalue weighted by Crippen LogP contribution is -2.47. The third-order valence-corrected chi connectivity index (χ3v) is 5.53. The van der Waals surface area contributed by atoms with Crippen molar-refractivity contribution in [1.82, 2.24) is 20.0 Å². The van der Waals surface area contributed by atoms with Gasteiger partial charge in [-0.1, -0.05) is 0 Å². The van der Waals surface area contributed by atoms with Gasteiger partial charge in [0.05, 0.1) is 11.5 Å². The molecular weight excluding hydrogens is 280 g/mol. The molecule has 1 fully saturated rings. The number of rotatable bonds is 1. The summed E-state index contributed by atoms with van der Waals surface area (Å²) in [7, 11) is -1.08. The average Bonchev–Trinajstić information content (AvgIpc) is 2.80. The molecule has 3 rings (SSSR count). The maximum Gasteiger partial charge on any atom is 0.274 e. The van der Waals surface area contributed by atoms with Crippen molar-refractivity contribution in [2.45, 2.75) is 12.2 Å². The lowest BCUT2D eigenvalue weighted by atomic mass is 10.1. The molecule has 0 bridgehead atoms.